The molecule has 2 unspecified atom stereocenters. The highest BCUT2D eigenvalue weighted by molar-refractivity contribution is 5.79. The quantitative estimate of drug-likeness (QED) is 0.764. The molecule has 4 N–H and O–H groups in total. The van der Waals surface area contributed by atoms with E-state index in [1.807, 2.05) is 38.1 Å². The van der Waals surface area contributed by atoms with Gasteiger partial charge in [-0.3, -0.25) is 0 Å². The Balaban J connectivity index is 1.91. The Labute approximate surface area is 111 Å². The van der Waals surface area contributed by atoms with E-state index in [1.54, 1.807) is 0 Å². The van der Waals surface area contributed by atoms with Crippen LogP contribution in [0, 0.1) is 5.41 Å². The van der Waals surface area contributed by atoms with Crippen molar-refractivity contribution in [2.45, 2.75) is 32.4 Å². The third-order valence-electron chi connectivity index (χ3n) is 4.12. The Morgan fingerprint density at radius 1 is 1.26 bits per heavy atom. The molecule has 5 heteroatoms. The summed E-state index contributed by atoms with van der Waals surface area (Å²) in [6, 6.07) is 7.80. The van der Waals surface area contributed by atoms with Crippen molar-refractivity contribution >= 4 is 22.7 Å². The Morgan fingerprint density at radius 3 is 2.47 bits per heavy atom. The molecule has 0 saturated heterocycles. The SMILES string of the molecule is CC1(C)C(O)CC1Nc1nc2ccccc2nc1N. The van der Waals surface area contributed by atoms with Gasteiger partial charge in [0, 0.05) is 11.5 Å². The molecule has 3 rings (SSSR count). The van der Waals surface area contributed by atoms with Gasteiger partial charge in [0.15, 0.2) is 11.6 Å². The minimum absolute atomic E-state index is 0.167. The Hall–Kier alpha value is -1.88. The second kappa shape index (κ2) is 4.06. The molecule has 1 heterocycles. The summed E-state index contributed by atoms with van der Waals surface area (Å²) in [6.07, 6.45) is 0.431. The molecule has 0 amide bonds. The van der Waals surface area contributed by atoms with Crippen LogP contribution in [0.5, 0.6) is 0 Å². The number of benzene rings is 1. The lowest BCUT2D eigenvalue weighted by Gasteiger charge is -2.49. The maximum absolute atomic E-state index is 9.76. The second-order valence-corrected chi connectivity index (χ2v) is 5.72. The minimum atomic E-state index is -0.278. The van der Waals surface area contributed by atoms with Gasteiger partial charge in [-0.2, -0.15) is 0 Å². The van der Waals surface area contributed by atoms with Crippen LogP contribution in [0.25, 0.3) is 11.0 Å². The van der Waals surface area contributed by atoms with Crippen LogP contribution in [0.3, 0.4) is 0 Å². The van der Waals surface area contributed by atoms with Gasteiger partial charge in [0.2, 0.25) is 0 Å². The first-order chi connectivity index (χ1) is 8.98. The smallest absolute Gasteiger partial charge is 0.169 e. The van der Waals surface area contributed by atoms with Crippen molar-refractivity contribution in [3.63, 3.8) is 0 Å². The zero-order valence-corrected chi connectivity index (χ0v) is 11.1. The summed E-state index contributed by atoms with van der Waals surface area (Å²) in [7, 11) is 0. The summed E-state index contributed by atoms with van der Waals surface area (Å²) >= 11 is 0. The number of para-hydroxylation sites is 2. The van der Waals surface area contributed by atoms with Crippen molar-refractivity contribution in [1.82, 2.24) is 9.97 Å². The lowest BCUT2D eigenvalue weighted by molar-refractivity contribution is -0.0511. The van der Waals surface area contributed by atoms with Gasteiger partial charge < -0.3 is 16.2 Å². The maximum Gasteiger partial charge on any atom is 0.169 e. The molecule has 2 atom stereocenters. The number of nitrogens with one attached hydrogen (secondary N) is 1. The molecule has 0 bridgehead atoms. The summed E-state index contributed by atoms with van der Waals surface area (Å²) < 4.78 is 0. The number of aromatic nitrogens is 2. The number of aliphatic hydroxyl groups excluding tert-OH is 1. The first kappa shape index (κ1) is 12.2. The van der Waals surface area contributed by atoms with Crippen molar-refractivity contribution in [2.24, 2.45) is 5.41 Å². The van der Waals surface area contributed by atoms with Crippen molar-refractivity contribution < 1.29 is 5.11 Å². The first-order valence-corrected chi connectivity index (χ1v) is 6.45. The molecule has 1 aromatic carbocycles. The molecule has 5 nitrogen and oxygen atoms in total. The molecule has 0 radical (unpaired) electrons. The van der Waals surface area contributed by atoms with Gasteiger partial charge in [-0.15, -0.1) is 0 Å². The van der Waals surface area contributed by atoms with E-state index in [1.165, 1.54) is 0 Å². The fraction of sp³-hybridized carbons (Fsp3) is 0.429. The van der Waals surface area contributed by atoms with E-state index in [0.29, 0.717) is 18.1 Å². The van der Waals surface area contributed by atoms with Crippen LogP contribution in [0.4, 0.5) is 11.6 Å². The maximum atomic E-state index is 9.76. The predicted molar refractivity (Wildman–Crippen MR) is 75.8 cm³/mol. The van der Waals surface area contributed by atoms with Crippen LogP contribution >= 0.6 is 0 Å². The number of nitrogen functional groups attached to an aromatic ring is 1. The zero-order valence-electron chi connectivity index (χ0n) is 11.1. The van der Waals surface area contributed by atoms with E-state index < -0.39 is 0 Å². The van der Waals surface area contributed by atoms with Crippen LogP contribution < -0.4 is 11.1 Å². The highest BCUT2D eigenvalue weighted by Crippen LogP contribution is 2.42. The van der Waals surface area contributed by atoms with Gasteiger partial charge in [0.1, 0.15) is 0 Å². The summed E-state index contributed by atoms with van der Waals surface area (Å²) in [5, 5.41) is 13.1. The van der Waals surface area contributed by atoms with Crippen molar-refractivity contribution in [3.05, 3.63) is 24.3 Å². The molecule has 1 fully saturated rings. The van der Waals surface area contributed by atoms with E-state index in [2.05, 4.69) is 15.3 Å². The Morgan fingerprint density at radius 2 is 1.89 bits per heavy atom. The number of anilines is 2. The molecule has 1 aromatic heterocycles. The second-order valence-electron chi connectivity index (χ2n) is 5.72. The van der Waals surface area contributed by atoms with Crippen LogP contribution in [0.2, 0.25) is 0 Å². The highest BCUT2D eigenvalue weighted by atomic mass is 16.3. The third kappa shape index (κ3) is 1.90. The molecule has 1 aliphatic carbocycles. The normalized spacial score (nSPS) is 25.0. The molecule has 1 saturated carbocycles. The fourth-order valence-electron chi connectivity index (χ4n) is 2.43. The Kier molecular flexibility index (Phi) is 2.60. The van der Waals surface area contributed by atoms with Crippen molar-refractivity contribution in [3.8, 4) is 0 Å². The molecule has 1 aliphatic rings. The van der Waals surface area contributed by atoms with Crippen LogP contribution in [-0.4, -0.2) is 27.2 Å². The Bertz CT molecular complexity index is 626. The van der Waals surface area contributed by atoms with Gasteiger partial charge in [-0.1, -0.05) is 26.0 Å². The molecule has 19 heavy (non-hydrogen) atoms. The largest absolute Gasteiger partial charge is 0.392 e. The molecular formula is C14H18N4O. The molecule has 2 aromatic rings. The number of hydrogen-bond donors (Lipinski definition) is 3. The highest BCUT2D eigenvalue weighted by Gasteiger charge is 2.47. The van der Waals surface area contributed by atoms with Crippen molar-refractivity contribution in [1.29, 1.82) is 0 Å². The van der Waals surface area contributed by atoms with E-state index in [0.717, 1.165) is 11.0 Å². The predicted octanol–water partition coefficient (Wildman–Crippen LogP) is 1.78. The molecule has 0 spiro atoms. The van der Waals surface area contributed by atoms with Gasteiger partial charge >= 0.3 is 0 Å². The number of nitrogens with two attached hydrogens (primary N) is 1. The third-order valence-corrected chi connectivity index (χ3v) is 4.12. The molecule has 100 valence electrons. The minimum Gasteiger partial charge on any atom is -0.392 e. The average Bonchev–Trinajstić information content (AvgIpc) is 2.39. The van der Waals surface area contributed by atoms with Gasteiger partial charge in [-0.25, -0.2) is 9.97 Å². The van der Waals surface area contributed by atoms with E-state index in [-0.39, 0.29) is 17.6 Å². The number of nitrogens with zero attached hydrogens (tertiary/aromatic N) is 2. The van der Waals surface area contributed by atoms with Crippen LogP contribution in [-0.2, 0) is 0 Å². The summed E-state index contributed by atoms with van der Waals surface area (Å²) in [5.74, 6) is 1.000. The van der Waals surface area contributed by atoms with Gasteiger partial charge in [0.25, 0.3) is 0 Å². The number of fused-ring (bicyclic) bond motifs is 1. The molecular weight excluding hydrogens is 240 g/mol. The zero-order chi connectivity index (χ0) is 13.6. The first-order valence-electron chi connectivity index (χ1n) is 6.45. The monoisotopic (exact) mass is 258 g/mol. The van der Waals surface area contributed by atoms with Crippen LogP contribution in [0.15, 0.2) is 24.3 Å². The lowest BCUT2D eigenvalue weighted by Crippen LogP contribution is -2.57. The summed E-state index contributed by atoms with van der Waals surface area (Å²) in [5.41, 5.74) is 7.38. The number of hydrogen-bond acceptors (Lipinski definition) is 5. The summed E-state index contributed by atoms with van der Waals surface area (Å²) in [4.78, 5) is 8.85. The number of aliphatic hydroxyl groups is 1. The van der Waals surface area contributed by atoms with Gasteiger partial charge in [-0.05, 0) is 18.6 Å². The van der Waals surface area contributed by atoms with Gasteiger partial charge in [0.05, 0.1) is 17.1 Å². The summed E-state index contributed by atoms with van der Waals surface area (Å²) in [6.45, 7) is 4.06. The average molecular weight is 258 g/mol. The van der Waals surface area contributed by atoms with E-state index in [4.69, 9.17) is 5.73 Å². The van der Waals surface area contributed by atoms with E-state index >= 15 is 0 Å². The van der Waals surface area contributed by atoms with Crippen LogP contribution in [0.1, 0.15) is 20.3 Å². The lowest BCUT2D eigenvalue weighted by atomic mass is 9.64. The standard InChI is InChI=1S/C14H18N4O/c1-14(2)10(7-11(14)19)18-13-12(15)16-8-5-3-4-6-9(8)17-13/h3-6,10-11,19H,7H2,1-2H3,(H2,15,16)(H,17,18). The van der Waals surface area contributed by atoms with E-state index in [9.17, 15) is 5.11 Å². The van der Waals surface area contributed by atoms with Crippen molar-refractivity contribution in [2.75, 3.05) is 11.1 Å². The molecule has 0 aliphatic heterocycles. The topological polar surface area (TPSA) is 84.1 Å². The number of rotatable bonds is 2. The fourth-order valence-corrected chi connectivity index (χ4v) is 2.43.